The molecule has 1 saturated carbocycles. The van der Waals surface area contributed by atoms with Gasteiger partial charge in [0.1, 0.15) is 29.8 Å². The van der Waals surface area contributed by atoms with Crippen LogP contribution in [0.5, 0.6) is 0 Å². The van der Waals surface area contributed by atoms with E-state index in [4.69, 9.17) is 27.9 Å². The van der Waals surface area contributed by atoms with Gasteiger partial charge in [-0.05, 0) is 54.3 Å². The second-order valence-electron chi connectivity index (χ2n) is 11.3. The number of hydrogen-bond acceptors (Lipinski definition) is 6. The van der Waals surface area contributed by atoms with Crippen molar-refractivity contribution < 1.29 is 36.3 Å². The van der Waals surface area contributed by atoms with Crippen molar-refractivity contribution in [3.05, 3.63) is 99.5 Å². The fourth-order valence-electron chi connectivity index (χ4n) is 5.84. The van der Waals surface area contributed by atoms with Gasteiger partial charge in [-0.3, -0.25) is 9.59 Å². The Kier molecular flexibility index (Phi) is 8.94. The van der Waals surface area contributed by atoms with Crippen LogP contribution in [0.25, 0.3) is 0 Å². The Hall–Kier alpha value is -3.78. The second kappa shape index (κ2) is 12.8. The fourth-order valence-corrected chi connectivity index (χ4v) is 8.17. The quantitative estimate of drug-likeness (QED) is 0.376. The number of halogens is 4. The Morgan fingerprint density at radius 2 is 1.65 bits per heavy atom. The third kappa shape index (κ3) is 6.41. The van der Waals surface area contributed by atoms with Crippen LogP contribution in [0.1, 0.15) is 24.0 Å². The normalized spacial score (nSPS) is 22.0. The number of carbonyl (C=O) groups is 3. The van der Waals surface area contributed by atoms with Gasteiger partial charge in [0.25, 0.3) is 0 Å². The first-order valence-corrected chi connectivity index (χ1v) is 16.6. The van der Waals surface area contributed by atoms with Crippen LogP contribution in [0.2, 0.25) is 10.0 Å². The summed E-state index contributed by atoms with van der Waals surface area (Å²) in [6.45, 7) is -0.749. The molecule has 3 aromatic carbocycles. The van der Waals surface area contributed by atoms with E-state index in [1.165, 1.54) is 29.2 Å². The lowest BCUT2D eigenvalue weighted by Gasteiger charge is -2.53. The maximum atomic E-state index is 14.3. The number of nitrogens with zero attached hydrogens (tertiary/aromatic N) is 3. The summed E-state index contributed by atoms with van der Waals surface area (Å²) >= 11 is 12.4. The summed E-state index contributed by atoms with van der Waals surface area (Å²) in [7, 11) is -4.47. The number of benzene rings is 3. The Bertz CT molecular complexity index is 1800. The molecule has 242 valence electrons. The summed E-state index contributed by atoms with van der Waals surface area (Å²) < 4.78 is 62.8. The van der Waals surface area contributed by atoms with Gasteiger partial charge >= 0.3 is 6.09 Å². The highest BCUT2D eigenvalue weighted by atomic mass is 35.5. The molecule has 3 unspecified atom stereocenters. The third-order valence-corrected chi connectivity index (χ3v) is 10.8. The zero-order valence-electron chi connectivity index (χ0n) is 24.1. The second-order valence-corrected chi connectivity index (χ2v) is 14.0. The molecule has 15 heteroatoms. The van der Waals surface area contributed by atoms with Gasteiger partial charge in [0.05, 0.1) is 11.6 Å². The molecule has 2 heterocycles. The van der Waals surface area contributed by atoms with Crippen molar-refractivity contribution in [3.8, 4) is 0 Å². The summed E-state index contributed by atoms with van der Waals surface area (Å²) in [4.78, 5) is 43.3. The lowest BCUT2D eigenvalue weighted by molar-refractivity contribution is -0.167. The maximum Gasteiger partial charge on any atom is 0.408 e. The van der Waals surface area contributed by atoms with E-state index in [-0.39, 0.29) is 46.1 Å². The van der Waals surface area contributed by atoms with Gasteiger partial charge in [0.2, 0.25) is 21.8 Å². The molecule has 3 amide bonds. The lowest BCUT2D eigenvalue weighted by Crippen LogP contribution is -2.76. The van der Waals surface area contributed by atoms with E-state index in [0.717, 1.165) is 21.3 Å². The molecular weight excluding hydrogens is 665 g/mol. The molecule has 10 nitrogen and oxygen atoms in total. The first kappa shape index (κ1) is 32.2. The molecule has 2 saturated heterocycles. The van der Waals surface area contributed by atoms with E-state index in [9.17, 15) is 31.6 Å². The average molecular weight is 694 g/mol. The Morgan fingerprint density at radius 1 is 0.913 bits per heavy atom. The summed E-state index contributed by atoms with van der Waals surface area (Å²) in [6.07, 6.45) is -1.03. The molecule has 3 atom stereocenters. The van der Waals surface area contributed by atoms with Gasteiger partial charge in [-0.1, -0.05) is 59.6 Å². The van der Waals surface area contributed by atoms with Gasteiger partial charge < -0.3 is 19.9 Å². The lowest BCUT2D eigenvalue weighted by atomic mass is 9.97. The first-order valence-electron chi connectivity index (χ1n) is 14.4. The number of piperazine rings is 1. The van der Waals surface area contributed by atoms with Crippen LogP contribution < -0.4 is 5.32 Å². The molecule has 2 aliphatic heterocycles. The number of carbonyl (C=O) groups excluding carboxylic acids is 3. The Labute approximate surface area is 273 Å². The first-order chi connectivity index (χ1) is 21.9. The average Bonchev–Trinajstić information content (AvgIpc) is 3.86. The van der Waals surface area contributed by atoms with Crippen LogP contribution in [0, 0.1) is 11.6 Å². The van der Waals surface area contributed by atoms with E-state index in [1.807, 2.05) is 0 Å². The monoisotopic (exact) mass is 692 g/mol. The Morgan fingerprint density at radius 3 is 2.33 bits per heavy atom. The van der Waals surface area contributed by atoms with Gasteiger partial charge in [-0.15, -0.1) is 0 Å². The van der Waals surface area contributed by atoms with Crippen LogP contribution in [0.15, 0.2) is 71.6 Å². The van der Waals surface area contributed by atoms with Crippen LogP contribution in [-0.2, 0) is 37.4 Å². The Balaban J connectivity index is 1.38. The molecule has 46 heavy (non-hydrogen) atoms. The molecule has 0 spiro atoms. The zero-order chi connectivity index (χ0) is 32.7. The van der Waals surface area contributed by atoms with Crippen LogP contribution in [0.3, 0.4) is 0 Å². The number of sulfonamides is 1. The molecule has 3 fully saturated rings. The number of rotatable bonds is 8. The van der Waals surface area contributed by atoms with Crippen molar-refractivity contribution >= 4 is 51.1 Å². The van der Waals surface area contributed by atoms with E-state index in [2.05, 4.69) is 5.32 Å². The van der Waals surface area contributed by atoms with Gasteiger partial charge in [0, 0.05) is 24.0 Å². The number of hydrogen-bond donors (Lipinski definition) is 1. The predicted octanol–water partition coefficient (Wildman–Crippen LogP) is 4.34. The number of ether oxygens (including phenoxy) is 1. The van der Waals surface area contributed by atoms with Gasteiger partial charge in [-0.25, -0.2) is 22.0 Å². The predicted molar refractivity (Wildman–Crippen MR) is 163 cm³/mol. The van der Waals surface area contributed by atoms with Gasteiger partial charge in [-0.2, -0.15) is 4.31 Å². The highest BCUT2D eigenvalue weighted by Gasteiger charge is 2.56. The zero-order valence-corrected chi connectivity index (χ0v) is 26.4. The van der Waals surface area contributed by atoms with E-state index in [0.29, 0.717) is 18.4 Å². The largest absolute Gasteiger partial charge is 0.445 e. The SMILES string of the molecule is O=C(NC1CN(S(=O)(=O)c2ccc(Cl)cc2Cl)C2CN(C3CC3)C(=O)C(Cc3ccc(F)c(F)c3)N2C1=O)OCc1ccccc1. The fraction of sp³-hybridized carbons (Fsp3) is 0.323. The molecule has 1 N–H and O–H groups in total. The highest BCUT2D eigenvalue weighted by molar-refractivity contribution is 7.89. The summed E-state index contributed by atoms with van der Waals surface area (Å²) in [6, 6.07) is 12.9. The maximum absolute atomic E-state index is 14.3. The molecule has 6 rings (SSSR count). The number of alkyl carbamates (subject to hydrolysis) is 1. The summed E-state index contributed by atoms with van der Waals surface area (Å²) in [5.41, 5.74) is 0.900. The molecular formula is C31H28Cl2F2N4O6S. The minimum Gasteiger partial charge on any atom is -0.445 e. The molecule has 0 bridgehead atoms. The molecule has 0 radical (unpaired) electrons. The topological polar surface area (TPSA) is 116 Å². The highest BCUT2D eigenvalue weighted by Crippen LogP contribution is 2.38. The van der Waals surface area contributed by atoms with E-state index in [1.54, 1.807) is 30.3 Å². The number of amides is 3. The molecule has 3 aliphatic rings. The van der Waals surface area contributed by atoms with Crippen LogP contribution >= 0.6 is 23.2 Å². The number of nitrogens with one attached hydrogen (secondary N) is 1. The number of fused-ring (bicyclic) bond motifs is 1. The van der Waals surface area contributed by atoms with Crippen molar-refractivity contribution in [1.82, 2.24) is 19.4 Å². The van der Waals surface area contributed by atoms with Crippen molar-refractivity contribution in [2.24, 2.45) is 0 Å². The molecule has 1 aliphatic carbocycles. The minimum atomic E-state index is -4.47. The molecule has 0 aromatic heterocycles. The van der Waals surface area contributed by atoms with Crippen LogP contribution in [0.4, 0.5) is 13.6 Å². The van der Waals surface area contributed by atoms with Crippen molar-refractivity contribution in [2.45, 2.75) is 55.1 Å². The summed E-state index contributed by atoms with van der Waals surface area (Å²) in [5.74, 6) is -3.41. The minimum absolute atomic E-state index is 0.115. The van der Waals surface area contributed by atoms with E-state index >= 15 is 0 Å². The smallest absolute Gasteiger partial charge is 0.408 e. The van der Waals surface area contributed by atoms with E-state index < -0.39 is 64.4 Å². The van der Waals surface area contributed by atoms with Crippen LogP contribution in [-0.4, -0.2) is 77.8 Å². The standard InChI is InChI=1S/C31H28Cl2F2N4O6S/c32-20-7-11-27(22(33)14-20)46(43,44)38-15-25(36-31(42)45-17-18-4-2-1-3-5-18)29(40)39-26(13-19-6-10-23(34)24(35)12-19)30(41)37(16-28(38)39)21-8-9-21/h1-7,10-12,14,21,25-26,28H,8-9,13,15-17H2,(H,36,42). The van der Waals surface area contributed by atoms with Crippen molar-refractivity contribution in [1.29, 1.82) is 0 Å². The molecule has 3 aromatic rings. The third-order valence-electron chi connectivity index (χ3n) is 8.22. The summed E-state index contributed by atoms with van der Waals surface area (Å²) in [5, 5.41) is 2.51. The van der Waals surface area contributed by atoms with Gasteiger partial charge in [0.15, 0.2) is 11.6 Å². The van der Waals surface area contributed by atoms with Crippen molar-refractivity contribution in [3.63, 3.8) is 0 Å². The van der Waals surface area contributed by atoms with Crippen molar-refractivity contribution in [2.75, 3.05) is 13.1 Å².